The van der Waals surface area contributed by atoms with E-state index in [-0.39, 0.29) is 6.54 Å². The van der Waals surface area contributed by atoms with E-state index in [2.05, 4.69) is 5.32 Å². The van der Waals surface area contributed by atoms with Crippen molar-refractivity contribution in [1.82, 2.24) is 5.32 Å². The number of methoxy groups -OCH3 is 1. The summed E-state index contributed by atoms with van der Waals surface area (Å²) in [6, 6.07) is 4.64. The molecule has 0 saturated carbocycles. The van der Waals surface area contributed by atoms with Gasteiger partial charge >= 0.3 is 5.97 Å². The zero-order valence-corrected chi connectivity index (χ0v) is 12.7. The molecule has 0 fully saturated rings. The van der Waals surface area contributed by atoms with Crippen molar-refractivity contribution in [1.29, 1.82) is 0 Å². The fourth-order valence-corrected chi connectivity index (χ4v) is 1.64. The van der Waals surface area contributed by atoms with Gasteiger partial charge in [-0.15, -0.1) is 0 Å². The molecule has 0 radical (unpaired) electrons. The predicted molar refractivity (Wildman–Crippen MR) is 76.2 cm³/mol. The number of rotatable bonds is 4. The highest BCUT2D eigenvalue weighted by molar-refractivity contribution is 6.30. The van der Waals surface area contributed by atoms with Crippen LogP contribution in [0.2, 0.25) is 5.02 Å². The lowest BCUT2D eigenvalue weighted by Gasteiger charge is -2.19. The van der Waals surface area contributed by atoms with Gasteiger partial charge in [0.05, 0.1) is 12.7 Å². The Labute approximate surface area is 123 Å². The van der Waals surface area contributed by atoms with Crippen LogP contribution in [0.5, 0.6) is 5.75 Å². The Morgan fingerprint density at radius 3 is 2.50 bits per heavy atom. The fourth-order valence-electron chi connectivity index (χ4n) is 1.48. The van der Waals surface area contributed by atoms with Crippen LogP contribution in [0.1, 0.15) is 31.1 Å². The Bertz CT molecular complexity index is 508. The van der Waals surface area contributed by atoms with E-state index in [0.29, 0.717) is 16.3 Å². The molecule has 0 unspecified atom stereocenters. The average molecular weight is 300 g/mol. The Kier molecular flexibility index (Phi) is 5.39. The first-order valence-electron chi connectivity index (χ1n) is 6.06. The first kappa shape index (κ1) is 16.3. The molecule has 0 aromatic heterocycles. The Morgan fingerprint density at radius 1 is 1.30 bits per heavy atom. The van der Waals surface area contributed by atoms with Gasteiger partial charge in [0.25, 0.3) is 5.91 Å². The summed E-state index contributed by atoms with van der Waals surface area (Å²) in [5, 5.41) is 2.94. The third kappa shape index (κ3) is 5.09. The van der Waals surface area contributed by atoms with Crippen molar-refractivity contribution in [3.8, 4) is 5.75 Å². The molecule has 6 heteroatoms. The van der Waals surface area contributed by atoms with E-state index in [1.165, 1.54) is 19.2 Å². The fraction of sp³-hybridized carbons (Fsp3) is 0.429. The number of benzene rings is 1. The van der Waals surface area contributed by atoms with Gasteiger partial charge in [0.2, 0.25) is 0 Å². The van der Waals surface area contributed by atoms with E-state index in [4.69, 9.17) is 21.1 Å². The smallest absolute Gasteiger partial charge is 0.325 e. The van der Waals surface area contributed by atoms with Crippen molar-refractivity contribution in [3.05, 3.63) is 28.8 Å². The van der Waals surface area contributed by atoms with E-state index in [1.54, 1.807) is 26.8 Å². The second-order valence-corrected chi connectivity index (χ2v) is 5.55. The summed E-state index contributed by atoms with van der Waals surface area (Å²) in [4.78, 5) is 23.5. The Morgan fingerprint density at radius 2 is 1.95 bits per heavy atom. The SMILES string of the molecule is COc1cc(Cl)ccc1C(=O)NCC(=O)OC(C)(C)C. The molecule has 1 rings (SSSR count). The molecule has 0 heterocycles. The third-order valence-corrected chi connectivity index (χ3v) is 2.46. The molecule has 0 aliphatic carbocycles. The van der Waals surface area contributed by atoms with Crippen LogP contribution < -0.4 is 10.1 Å². The lowest BCUT2D eigenvalue weighted by atomic mass is 10.2. The highest BCUT2D eigenvalue weighted by Crippen LogP contribution is 2.22. The summed E-state index contributed by atoms with van der Waals surface area (Å²) < 4.78 is 10.2. The Hall–Kier alpha value is -1.75. The summed E-state index contributed by atoms with van der Waals surface area (Å²) in [6.45, 7) is 5.07. The lowest BCUT2D eigenvalue weighted by molar-refractivity contribution is -0.153. The number of hydrogen-bond acceptors (Lipinski definition) is 4. The average Bonchev–Trinajstić information content (AvgIpc) is 2.33. The van der Waals surface area contributed by atoms with Gasteiger partial charge in [-0.3, -0.25) is 9.59 Å². The molecular weight excluding hydrogens is 282 g/mol. The molecule has 0 aliphatic heterocycles. The summed E-state index contributed by atoms with van der Waals surface area (Å²) in [7, 11) is 1.44. The van der Waals surface area contributed by atoms with Gasteiger partial charge in [0.1, 0.15) is 17.9 Å². The molecule has 110 valence electrons. The highest BCUT2D eigenvalue weighted by atomic mass is 35.5. The molecule has 5 nitrogen and oxygen atoms in total. The summed E-state index contributed by atoms with van der Waals surface area (Å²) in [5.74, 6) is -0.581. The topological polar surface area (TPSA) is 64.6 Å². The number of carbonyl (C=O) groups is 2. The van der Waals surface area contributed by atoms with Crippen LogP contribution in [0.25, 0.3) is 0 Å². The monoisotopic (exact) mass is 299 g/mol. The maximum atomic E-state index is 12.0. The minimum absolute atomic E-state index is 0.206. The van der Waals surface area contributed by atoms with Gasteiger partial charge in [-0.05, 0) is 39.0 Å². The van der Waals surface area contributed by atoms with E-state index >= 15 is 0 Å². The molecule has 1 aromatic rings. The first-order chi connectivity index (χ1) is 9.23. The summed E-state index contributed by atoms with van der Waals surface area (Å²) in [6.07, 6.45) is 0. The summed E-state index contributed by atoms with van der Waals surface area (Å²) in [5.41, 5.74) is -0.278. The first-order valence-corrected chi connectivity index (χ1v) is 6.44. The molecule has 20 heavy (non-hydrogen) atoms. The van der Waals surface area contributed by atoms with Gasteiger partial charge in [-0.25, -0.2) is 0 Å². The quantitative estimate of drug-likeness (QED) is 0.867. The lowest BCUT2D eigenvalue weighted by Crippen LogP contribution is -2.34. The number of carbonyl (C=O) groups excluding carboxylic acids is 2. The van der Waals surface area contributed by atoms with Crippen LogP contribution in [0.15, 0.2) is 18.2 Å². The molecule has 0 bridgehead atoms. The van der Waals surface area contributed by atoms with Gasteiger partial charge in [0, 0.05) is 5.02 Å². The van der Waals surface area contributed by atoms with Crippen LogP contribution >= 0.6 is 11.6 Å². The second-order valence-electron chi connectivity index (χ2n) is 5.11. The van der Waals surface area contributed by atoms with Crippen molar-refractivity contribution >= 4 is 23.5 Å². The molecule has 0 spiro atoms. The maximum Gasteiger partial charge on any atom is 0.325 e. The van der Waals surface area contributed by atoms with Gasteiger partial charge in [-0.2, -0.15) is 0 Å². The van der Waals surface area contributed by atoms with Crippen LogP contribution in [0, 0.1) is 0 Å². The molecule has 0 aliphatic rings. The van der Waals surface area contributed by atoms with E-state index in [9.17, 15) is 9.59 Å². The zero-order chi connectivity index (χ0) is 15.3. The van der Waals surface area contributed by atoms with Crippen LogP contribution in [-0.2, 0) is 9.53 Å². The van der Waals surface area contributed by atoms with Crippen LogP contribution in [0.4, 0.5) is 0 Å². The normalized spacial score (nSPS) is 10.8. The number of hydrogen-bond donors (Lipinski definition) is 1. The zero-order valence-electron chi connectivity index (χ0n) is 12.0. The summed E-state index contributed by atoms with van der Waals surface area (Å²) >= 11 is 5.81. The predicted octanol–water partition coefficient (Wildman–Crippen LogP) is 2.42. The molecule has 0 saturated heterocycles. The van der Waals surface area contributed by atoms with Crippen molar-refractivity contribution in [2.45, 2.75) is 26.4 Å². The number of ether oxygens (including phenoxy) is 2. The van der Waals surface area contributed by atoms with E-state index < -0.39 is 17.5 Å². The Balaban J connectivity index is 2.66. The van der Waals surface area contributed by atoms with Crippen molar-refractivity contribution < 1.29 is 19.1 Å². The number of esters is 1. The minimum atomic E-state index is -0.584. The van der Waals surface area contributed by atoms with E-state index in [1.807, 2.05) is 0 Å². The standard InChI is InChI=1S/C14H18ClNO4/c1-14(2,3)20-12(17)8-16-13(18)10-6-5-9(15)7-11(10)19-4/h5-7H,8H2,1-4H3,(H,16,18). The minimum Gasteiger partial charge on any atom is -0.496 e. The van der Waals surface area contributed by atoms with Crippen molar-refractivity contribution in [2.24, 2.45) is 0 Å². The van der Waals surface area contributed by atoms with Crippen molar-refractivity contribution in [2.75, 3.05) is 13.7 Å². The highest BCUT2D eigenvalue weighted by Gasteiger charge is 2.18. The van der Waals surface area contributed by atoms with Gasteiger partial charge < -0.3 is 14.8 Å². The molecular formula is C14H18ClNO4. The number of nitrogens with one attached hydrogen (secondary N) is 1. The van der Waals surface area contributed by atoms with Gasteiger partial charge in [0.15, 0.2) is 0 Å². The largest absolute Gasteiger partial charge is 0.496 e. The number of amides is 1. The molecule has 1 amide bonds. The molecule has 0 atom stereocenters. The molecule has 1 N–H and O–H groups in total. The molecule has 1 aromatic carbocycles. The van der Waals surface area contributed by atoms with Crippen molar-refractivity contribution in [3.63, 3.8) is 0 Å². The van der Waals surface area contributed by atoms with E-state index in [0.717, 1.165) is 0 Å². The number of halogens is 1. The maximum absolute atomic E-state index is 12.0. The van der Waals surface area contributed by atoms with Gasteiger partial charge in [-0.1, -0.05) is 11.6 Å². The van der Waals surface area contributed by atoms with Crippen LogP contribution in [0.3, 0.4) is 0 Å². The second kappa shape index (κ2) is 6.61. The third-order valence-electron chi connectivity index (χ3n) is 2.22. The van der Waals surface area contributed by atoms with Crippen LogP contribution in [-0.4, -0.2) is 31.1 Å².